The van der Waals surface area contributed by atoms with Gasteiger partial charge in [-0.05, 0) is 36.2 Å². The third-order valence-electron chi connectivity index (χ3n) is 6.07. The zero-order chi connectivity index (χ0) is 22.5. The van der Waals surface area contributed by atoms with Gasteiger partial charge in [-0.2, -0.15) is 8.78 Å². The quantitative estimate of drug-likeness (QED) is 0.528. The van der Waals surface area contributed by atoms with Crippen LogP contribution >= 0.6 is 0 Å². The number of benzene rings is 1. The number of halogens is 4. The smallest absolute Gasteiger partial charge is 0.314 e. The van der Waals surface area contributed by atoms with Gasteiger partial charge < -0.3 is 9.32 Å². The molecule has 2 aliphatic rings. The summed E-state index contributed by atoms with van der Waals surface area (Å²) in [6.07, 6.45) is -1.86. The summed E-state index contributed by atoms with van der Waals surface area (Å²) in [5, 5.41) is 6.93. The van der Waals surface area contributed by atoms with Crippen molar-refractivity contribution >= 4 is 5.91 Å². The van der Waals surface area contributed by atoms with E-state index in [-0.39, 0.29) is 37.6 Å². The number of aromatic nitrogens is 3. The van der Waals surface area contributed by atoms with Crippen LogP contribution in [-0.4, -0.2) is 38.0 Å². The van der Waals surface area contributed by atoms with Gasteiger partial charge in [-0.1, -0.05) is 12.1 Å². The summed E-state index contributed by atoms with van der Waals surface area (Å²) in [7, 11) is 0. The molecule has 0 radical (unpaired) electrons. The molecule has 32 heavy (non-hydrogen) atoms. The molecule has 0 N–H and O–H groups in total. The molecule has 0 spiro atoms. The molecule has 1 saturated carbocycles. The van der Waals surface area contributed by atoms with E-state index in [1.54, 1.807) is 41.4 Å². The number of rotatable bonds is 4. The first kappa shape index (κ1) is 20.6. The van der Waals surface area contributed by atoms with E-state index in [2.05, 4.69) is 15.2 Å². The van der Waals surface area contributed by atoms with Gasteiger partial charge in [0.05, 0.1) is 0 Å². The van der Waals surface area contributed by atoms with Crippen LogP contribution in [0.15, 0.2) is 47.0 Å². The van der Waals surface area contributed by atoms with Crippen LogP contribution in [0.2, 0.25) is 0 Å². The van der Waals surface area contributed by atoms with E-state index in [9.17, 15) is 22.4 Å². The van der Waals surface area contributed by atoms with Gasteiger partial charge in [0.1, 0.15) is 0 Å². The average Bonchev–Trinajstić information content (AvgIpc) is 3.39. The highest BCUT2D eigenvalue weighted by molar-refractivity contribution is 5.99. The van der Waals surface area contributed by atoms with Crippen LogP contribution < -0.4 is 0 Å². The standard InChI is InChI=1S/C22H18F4N4O2/c23-18(24)20-29-28-19(32-20)12-4-5-13-11-30(21(31)14(13)9-12)17-6-7-22(25,26)10-15(17)16-3-1-2-8-27-16/h1-5,8-9,15,17-18H,6-7,10-11H2/t15-,17-/m1/s1. The monoisotopic (exact) mass is 446 g/mol. The minimum absolute atomic E-state index is 0.113. The first-order valence-electron chi connectivity index (χ1n) is 10.2. The molecule has 0 unspecified atom stereocenters. The highest BCUT2D eigenvalue weighted by Gasteiger charge is 2.47. The molecule has 1 amide bonds. The number of carbonyl (C=O) groups excluding carboxylic acids is 1. The van der Waals surface area contributed by atoms with Crippen molar-refractivity contribution in [2.75, 3.05) is 0 Å². The van der Waals surface area contributed by atoms with E-state index in [1.165, 1.54) is 6.07 Å². The van der Waals surface area contributed by atoms with Crippen molar-refractivity contribution in [3.63, 3.8) is 0 Å². The second-order valence-electron chi connectivity index (χ2n) is 8.08. The molecule has 1 fully saturated rings. The maximum absolute atomic E-state index is 14.3. The summed E-state index contributed by atoms with van der Waals surface area (Å²) in [5.41, 5.74) is 1.97. The molecule has 0 saturated heterocycles. The Balaban J connectivity index is 1.44. The fourth-order valence-corrected chi connectivity index (χ4v) is 4.55. The van der Waals surface area contributed by atoms with E-state index >= 15 is 0 Å². The molecule has 3 aromatic rings. The van der Waals surface area contributed by atoms with Crippen LogP contribution in [0.4, 0.5) is 17.6 Å². The molecule has 1 aromatic carbocycles. The van der Waals surface area contributed by atoms with Gasteiger partial charge in [-0.15, -0.1) is 10.2 Å². The van der Waals surface area contributed by atoms with Crippen molar-refractivity contribution in [3.05, 3.63) is 65.3 Å². The van der Waals surface area contributed by atoms with Crippen molar-refractivity contribution < 1.29 is 26.8 Å². The van der Waals surface area contributed by atoms with Crippen LogP contribution in [0.5, 0.6) is 0 Å². The van der Waals surface area contributed by atoms with Gasteiger partial charge in [0.15, 0.2) is 0 Å². The third kappa shape index (κ3) is 3.63. The van der Waals surface area contributed by atoms with Crippen molar-refractivity contribution in [2.24, 2.45) is 0 Å². The molecule has 10 heteroatoms. The van der Waals surface area contributed by atoms with Gasteiger partial charge in [0, 0.05) is 54.4 Å². The number of pyridine rings is 1. The van der Waals surface area contributed by atoms with Crippen molar-refractivity contribution in [1.82, 2.24) is 20.1 Å². The summed E-state index contributed by atoms with van der Waals surface area (Å²) in [6.45, 7) is 0.278. The SMILES string of the molecule is O=C1c2cc(-c3nnc(C(F)F)o3)ccc2CN1[C@@H]1CCC(F)(F)C[C@@H]1c1ccccn1. The van der Waals surface area contributed by atoms with Crippen LogP contribution in [-0.2, 0) is 6.54 Å². The first-order valence-corrected chi connectivity index (χ1v) is 10.2. The Morgan fingerprint density at radius 2 is 2.00 bits per heavy atom. The normalized spacial score (nSPS) is 22.4. The average molecular weight is 446 g/mol. The van der Waals surface area contributed by atoms with Crippen LogP contribution in [0.25, 0.3) is 11.5 Å². The number of hydrogen-bond acceptors (Lipinski definition) is 5. The molecular weight excluding hydrogens is 428 g/mol. The number of hydrogen-bond donors (Lipinski definition) is 0. The lowest BCUT2D eigenvalue weighted by Crippen LogP contribution is -2.46. The van der Waals surface area contributed by atoms with Crippen molar-refractivity contribution in [3.8, 4) is 11.5 Å². The van der Waals surface area contributed by atoms with Gasteiger partial charge in [0.2, 0.25) is 11.8 Å². The number of amides is 1. The maximum Gasteiger partial charge on any atom is 0.314 e. The van der Waals surface area contributed by atoms with E-state index in [4.69, 9.17) is 4.42 Å². The minimum atomic E-state index is -2.89. The molecule has 166 valence electrons. The van der Waals surface area contributed by atoms with Gasteiger partial charge in [-0.3, -0.25) is 9.78 Å². The van der Waals surface area contributed by atoms with Crippen LogP contribution in [0.1, 0.15) is 59.1 Å². The Kier molecular flexibility index (Phi) is 4.94. The molecule has 5 rings (SSSR count). The summed E-state index contributed by atoms with van der Waals surface area (Å²) >= 11 is 0. The highest BCUT2D eigenvalue weighted by atomic mass is 19.3. The Morgan fingerprint density at radius 1 is 1.16 bits per heavy atom. The second-order valence-corrected chi connectivity index (χ2v) is 8.08. The lowest BCUT2D eigenvalue weighted by Gasteiger charge is -2.40. The van der Waals surface area contributed by atoms with Gasteiger partial charge in [-0.25, -0.2) is 8.78 Å². The van der Waals surface area contributed by atoms with Crippen molar-refractivity contribution in [2.45, 2.75) is 50.1 Å². The minimum Gasteiger partial charge on any atom is -0.415 e. The molecular formula is C22H18F4N4O2. The van der Waals surface area contributed by atoms with Crippen molar-refractivity contribution in [1.29, 1.82) is 0 Å². The molecule has 1 aliphatic carbocycles. The molecule has 3 heterocycles. The highest BCUT2D eigenvalue weighted by Crippen LogP contribution is 2.45. The molecule has 0 bridgehead atoms. The zero-order valence-corrected chi connectivity index (χ0v) is 16.7. The van der Waals surface area contributed by atoms with E-state index in [0.29, 0.717) is 16.8 Å². The predicted octanol–water partition coefficient (Wildman–Crippen LogP) is 5.00. The van der Waals surface area contributed by atoms with Crippen LogP contribution in [0, 0.1) is 0 Å². The molecule has 6 nitrogen and oxygen atoms in total. The summed E-state index contributed by atoms with van der Waals surface area (Å²) < 4.78 is 59.0. The Morgan fingerprint density at radius 3 is 2.72 bits per heavy atom. The lowest BCUT2D eigenvalue weighted by atomic mass is 9.79. The fraction of sp³-hybridized carbons (Fsp3) is 0.364. The van der Waals surface area contributed by atoms with Gasteiger partial charge in [0.25, 0.3) is 11.8 Å². The topological polar surface area (TPSA) is 72.1 Å². The summed E-state index contributed by atoms with van der Waals surface area (Å²) in [6, 6.07) is 9.58. The zero-order valence-electron chi connectivity index (χ0n) is 16.7. The number of fused-ring (bicyclic) bond motifs is 1. The predicted molar refractivity (Wildman–Crippen MR) is 104 cm³/mol. The lowest BCUT2D eigenvalue weighted by molar-refractivity contribution is -0.0608. The Labute approximate surface area is 180 Å². The fourth-order valence-electron chi connectivity index (χ4n) is 4.55. The molecule has 1 aliphatic heterocycles. The largest absolute Gasteiger partial charge is 0.415 e. The first-order chi connectivity index (χ1) is 15.3. The number of carbonyl (C=O) groups is 1. The summed E-state index contributed by atoms with van der Waals surface area (Å²) in [4.78, 5) is 19.1. The number of nitrogens with zero attached hydrogens (tertiary/aromatic N) is 4. The van der Waals surface area contributed by atoms with Crippen LogP contribution in [0.3, 0.4) is 0 Å². The molecule has 2 aromatic heterocycles. The Bertz CT molecular complexity index is 1150. The number of alkyl halides is 4. The van der Waals surface area contributed by atoms with E-state index in [1.807, 2.05) is 0 Å². The Hall–Kier alpha value is -3.30. The maximum atomic E-state index is 14.3. The molecule has 2 atom stereocenters. The van der Waals surface area contributed by atoms with E-state index < -0.39 is 30.2 Å². The summed E-state index contributed by atoms with van der Waals surface area (Å²) in [5.74, 6) is -4.62. The van der Waals surface area contributed by atoms with Gasteiger partial charge >= 0.3 is 6.43 Å². The second kappa shape index (κ2) is 7.68. The third-order valence-corrected chi connectivity index (χ3v) is 6.07. The van der Waals surface area contributed by atoms with E-state index in [0.717, 1.165) is 5.56 Å².